The van der Waals surface area contributed by atoms with Gasteiger partial charge in [0.1, 0.15) is 12.1 Å². The van der Waals surface area contributed by atoms with Gasteiger partial charge < -0.3 is 15.2 Å². The summed E-state index contributed by atoms with van der Waals surface area (Å²) >= 11 is 0. The first kappa shape index (κ1) is 17.4. The average Bonchev–Trinajstić information content (AvgIpc) is 3.06. The van der Waals surface area contributed by atoms with Crippen LogP contribution in [-0.2, 0) is 24.2 Å². The maximum Gasteiger partial charge on any atom is 0.326 e. The van der Waals surface area contributed by atoms with Crippen LogP contribution in [0.15, 0.2) is 35.2 Å². The quantitative estimate of drug-likeness (QED) is 0.751. The maximum absolute atomic E-state index is 12.2. The summed E-state index contributed by atoms with van der Waals surface area (Å²) in [6, 6.07) is 6.54. The summed E-state index contributed by atoms with van der Waals surface area (Å²) in [4.78, 5) is 23.3. The lowest BCUT2D eigenvalue weighted by atomic mass is 10.2. The molecule has 126 valence electrons. The van der Waals surface area contributed by atoms with Crippen LogP contribution in [0.2, 0.25) is 0 Å². The van der Waals surface area contributed by atoms with Crippen LogP contribution >= 0.6 is 0 Å². The molecule has 0 spiro atoms. The molecule has 0 unspecified atom stereocenters. The highest BCUT2D eigenvalue weighted by Crippen LogP contribution is 2.14. The summed E-state index contributed by atoms with van der Waals surface area (Å²) in [5.74, 6) is -2.13. The van der Waals surface area contributed by atoms with Gasteiger partial charge in [-0.15, -0.1) is 0 Å². The Morgan fingerprint density at radius 1 is 1.30 bits per heavy atom. The smallest absolute Gasteiger partial charge is 0.326 e. The highest BCUT2D eigenvalue weighted by Gasteiger charge is 2.29. The van der Waals surface area contributed by atoms with Gasteiger partial charge in [0.15, 0.2) is 9.84 Å². The third-order valence-electron chi connectivity index (χ3n) is 3.61. The maximum atomic E-state index is 12.2. The van der Waals surface area contributed by atoms with Gasteiger partial charge in [-0.25, -0.2) is 13.2 Å². The molecule has 0 saturated carbocycles. The van der Waals surface area contributed by atoms with E-state index >= 15 is 0 Å². The number of carbonyl (C=O) groups is 2. The molecule has 0 radical (unpaired) electrons. The number of ether oxygens (including phenoxy) is 1. The molecule has 8 heteroatoms. The van der Waals surface area contributed by atoms with Crippen molar-refractivity contribution >= 4 is 21.7 Å². The normalized spacial score (nSPS) is 19.2. The molecule has 2 atom stereocenters. The molecule has 1 heterocycles. The van der Waals surface area contributed by atoms with Crippen LogP contribution in [0.5, 0.6) is 0 Å². The van der Waals surface area contributed by atoms with Crippen molar-refractivity contribution < 1.29 is 27.9 Å². The molecule has 1 fully saturated rings. The monoisotopic (exact) mass is 341 g/mol. The van der Waals surface area contributed by atoms with Gasteiger partial charge in [-0.1, -0.05) is 18.2 Å². The molecule has 1 saturated heterocycles. The molecule has 1 aromatic carbocycles. The minimum Gasteiger partial charge on any atom is -0.480 e. The first-order valence-electron chi connectivity index (χ1n) is 7.33. The van der Waals surface area contributed by atoms with Crippen molar-refractivity contribution in [3.8, 4) is 0 Å². The van der Waals surface area contributed by atoms with E-state index < -0.39 is 33.9 Å². The minimum absolute atomic E-state index is 0.134. The van der Waals surface area contributed by atoms with Crippen molar-refractivity contribution in [2.24, 2.45) is 0 Å². The lowest BCUT2D eigenvalue weighted by molar-refractivity contribution is -0.143. The van der Waals surface area contributed by atoms with Gasteiger partial charge >= 0.3 is 5.97 Å². The summed E-state index contributed by atoms with van der Waals surface area (Å²) in [6.45, 7) is 0.470. The Morgan fingerprint density at radius 3 is 2.57 bits per heavy atom. The predicted octanol–water partition coefficient (Wildman–Crippen LogP) is 0.599. The lowest BCUT2D eigenvalue weighted by Crippen LogP contribution is -2.46. The summed E-state index contributed by atoms with van der Waals surface area (Å²) in [5, 5.41) is 11.5. The largest absolute Gasteiger partial charge is 0.480 e. The topological polar surface area (TPSA) is 110 Å². The van der Waals surface area contributed by atoms with E-state index in [1.54, 1.807) is 18.2 Å². The Labute approximate surface area is 134 Å². The zero-order valence-electron chi connectivity index (χ0n) is 12.5. The van der Waals surface area contributed by atoms with E-state index in [2.05, 4.69) is 5.32 Å². The third kappa shape index (κ3) is 4.77. The van der Waals surface area contributed by atoms with Crippen LogP contribution in [0.1, 0.15) is 19.3 Å². The molecule has 0 aliphatic carbocycles. The number of rotatable bonds is 7. The van der Waals surface area contributed by atoms with Crippen LogP contribution in [-0.4, -0.2) is 49.9 Å². The predicted molar refractivity (Wildman–Crippen MR) is 81.7 cm³/mol. The standard InChI is InChI=1S/C15H19NO6S/c17-14(13-7-4-9-22-13)16-12(15(18)19)8-10-23(20,21)11-5-2-1-3-6-11/h1-3,5-6,12-13H,4,7-10H2,(H,16,17)(H,18,19)/t12-,13+/m0/s1. The third-order valence-corrected chi connectivity index (χ3v) is 5.38. The second-order valence-corrected chi connectivity index (χ2v) is 7.43. The molecule has 23 heavy (non-hydrogen) atoms. The van der Waals surface area contributed by atoms with Gasteiger partial charge in [0, 0.05) is 6.61 Å². The highest BCUT2D eigenvalue weighted by molar-refractivity contribution is 7.91. The van der Waals surface area contributed by atoms with E-state index in [1.807, 2.05) is 0 Å². The highest BCUT2D eigenvalue weighted by atomic mass is 32.2. The van der Waals surface area contributed by atoms with E-state index in [1.165, 1.54) is 12.1 Å². The zero-order chi connectivity index (χ0) is 16.9. The fraction of sp³-hybridized carbons (Fsp3) is 0.467. The molecular formula is C15H19NO6S. The van der Waals surface area contributed by atoms with Crippen molar-refractivity contribution in [1.29, 1.82) is 0 Å². The molecule has 0 aromatic heterocycles. The molecule has 1 amide bonds. The van der Waals surface area contributed by atoms with E-state index in [0.717, 1.165) is 6.42 Å². The van der Waals surface area contributed by atoms with Crippen LogP contribution < -0.4 is 5.32 Å². The van der Waals surface area contributed by atoms with Gasteiger partial charge in [-0.3, -0.25) is 4.79 Å². The number of hydrogen-bond acceptors (Lipinski definition) is 5. The van der Waals surface area contributed by atoms with Gasteiger partial charge in [0.25, 0.3) is 0 Å². The van der Waals surface area contributed by atoms with Crippen LogP contribution in [0.3, 0.4) is 0 Å². The first-order chi connectivity index (χ1) is 10.9. The van der Waals surface area contributed by atoms with E-state index in [4.69, 9.17) is 4.74 Å². The first-order valence-corrected chi connectivity index (χ1v) is 8.98. The number of carboxylic acids is 1. The molecule has 0 bridgehead atoms. The van der Waals surface area contributed by atoms with Crippen molar-refractivity contribution in [2.45, 2.75) is 36.3 Å². The van der Waals surface area contributed by atoms with E-state index in [9.17, 15) is 23.1 Å². The Balaban J connectivity index is 1.97. The van der Waals surface area contributed by atoms with Crippen LogP contribution in [0, 0.1) is 0 Å². The minimum atomic E-state index is -3.59. The Morgan fingerprint density at radius 2 is 2.00 bits per heavy atom. The number of benzene rings is 1. The molecule has 2 rings (SSSR count). The molecule has 1 aromatic rings. The molecule has 2 N–H and O–H groups in total. The van der Waals surface area contributed by atoms with Crippen LogP contribution in [0.25, 0.3) is 0 Å². The number of sulfone groups is 1. The summed E-state index contributed by atoms with van der Waals surface area (Å²) in [5.41, 5.74) is 0. The number of carboxylic acid groups (broad SMARTS) is 1. The summed E-state index contributed by atoms with van der Waals surface area (Å²) in [6.07, 6.45) is 0.437. The Kier molecular flexibility index (Phi) is 5.73. The van der Waals surface area contributed by atoms with Gasteiger partial charge in [-0.2, -0.15) is 0 Å². The van der Waals surface area contributed by atoms with Crippen molar-refractivity contribution in [2.75, 3.05) is 12.4 Å². The summed E-state index contributed by atoms with van der Waals surface area (Å²) < 4.78 is 29.5. The van der Waals surface area contributed by atoms with Gasteiger partial charge in [0.05, 0.1) is 10.6 Å². The number of aliphatic carboxylic acids is 1. The molecule has 7 nitrogen and oxygen atoms in total. The number of amides is 1. The molecule has 1 aliphatic heterocycles. The zero-order valence-corrected chi connectivity index (χ0v) is 13.3. The number of carbonyl (C=O) groups excluding carboxylic acids is 1. The van der Waals surface area contributed by atoms with E-state index in [0.29, 0.717) is 13.0 Å². The van der Waals surface area contributed by atoms with Gasteiger partial charge in [-0.05, 0) is 31.4 Å². The van der Waals surface area contributed by atoms with Crippen LogP contribution in [0.4, 0.5) is 0 Å². The second-order valence-electron chi connectivity index (χ2n) is 5.32. The average molecular weight is 341 g/mol. The van der Waals surface area contributed by atoms with Crippen molar-refractivity contribution in [3.63, 3.8) is 0 Å². The molecule has 1 aliphatic rings. The summed E-state index contributed by atoms with van der Waals surface area (Å²) in [7, 11) is -3.59. The number of hydrogen-bond donors (Lipinski definition) is 2. The van der Waals surface area contributed by atoms with Gasteiger partial charge in [0.2, 0.25) is 5.91 Å². The lowest BCUT2D eigenvalue weighted by Gasteiger charge is -2.17. The van der Waals surface area contributed by atoms with Crippen molar-refractivity contribution in [1.82, 2.24) is 5.32 Å². The number of nitrogens with one attached hydrogen (secondary N) is 1. The SMILES string of the molecule is O=C(O)[C@H](CCS(=O)(=O)c1ccccc1)NC(=O)[C@H]1CCCO1. The molecular weight excluding hydrogens is 322 g/mol. The Hall–Kier alpha value is -1.93. The van der Waals surface area contributed by atoms with E-state index in [-0.39, 0.29) is 17.1 Å². The Bertz CT molecular complexity index is 652. The van der Waals surface area contributed by atoms with Crippen molar-refractivity contribution in [3.05, 3.63) is 30.3 Å². The fourth-order valence-electron chi connectivity index (χ4n) is 2.33. The fourth-order valence-corrected chi connectivity index (χ4v) is 3.68. The second kappa shape index (κ2) is 7.56.